The molecule has 3 nitrogen and oxygen atoms in total. The van der Waals surface area contributed by atoms with Crippen LogP contribution in [0.1, 0.15) is 201 Å². The van der Waals surface area contributed by atoms with E-state index in [0.29, 0.717) is 6.42 Å². The summed E-state index contributed by atoms with van der Waals surface area (Å²) in [7, 11) is 0. The molecule has 0 bridgehead atoms. The molecular formula is C35H73NO2. The molecule has 0 aromatic rings. The van der Waals surface area contributed by atoms with E-state index in [1.807, 2.05) is 0 Å². The van der Waals surface area contributed by atoms with Crippen LogP contribution in [-0.2, 0) is 0 Å². The Morgan fingerprint density at radius 2 is 0.868 bits per heavy atom. The van der Waals surface area contributed by atoms with E-state index in [9.17, 15) is 5.11 Å². The summed E-state index contributed by atoms with van der Waals surface area (Å²) < 4.78 is 0. The van der Waals surface area contributed by atoms with Gasteiger partial charge in [-0.05, 0) is 32.1 Å². The van der Waals surface area contributed by atoms with Crippen LogP contribution in [0.25, 0.3) is 0 Å². The Labute approximate surface area is 240 Å². The van der Waals surface area contributed by atoms with Crippen LogP contribution < -0.4 is 5.73 Å². The predicted octanol–water partition coefficient (Wildman–Crippen LogP) is 11.2. The molecule has 0 aliphatic carbocycles. The molecular weight excluding hydrogens is 466 g/mol. The lowest BCUT2D eigenvalue weighted by Gasteiger charge is -2.08. The fraction of sp³-hybridized carbons (Fsp3) is 0.943. The van der Waals surface area contributed by atoms with Crippen LogP contribution in [0.15, 0.2) is 11.8 Å². The zero-order chi connectivity index (χ0) is 28.4. The lowest BCUT2D eigenvalue weighted by atomic mass is 10.0. The quantitative estimate of drug-likeness (QED) is 0.0828. The lowest BCUT2D eigenvalue weighted by Crippen LogP contribution is -2.08. The van der Waals surface area contributed by atoms with Gasteiger partial charge in [0.25, 0.3) is 0 Å². The molecule has 0 rings (SSSR count). The molecule has 0 aliphatic heterocycles. The van der Waals surface area contributed by atoms with Crippen molar-refractivity contribution in [3.05, 3.63) is 11.8 Å². The predicted molar refractivity (Wildman–Crippen MR) is 172 cm³/mol. The summed E-state index contributed by atoms with van der Waals surface area (Å²) in [5, 5.41) is 18.1. The second-order valence-electron chi connectivity index (χ2n) is 11.7. The molecule has 0 aromatic heterocycles. The Balaban J connectivity index is 0. The van der Waals surface area contributed by atoms with Gasteiger partial charge in [0, 0.05) is 12.3 Å². The first-order valence-corrected chi connectivity index (χ1v) is 17.4. The van der Waals surface area contributed by atoms with Crippen LogP contribution in [0.5, 0.6) is 0 Å². The van der Waals surface area contributed by atoms with Gasteiger partial charge in [0.05, 0.1) is 6.10 Å². The first-order chi connectivity index (χ1) is 18.6. The number of unbranched alkanes of at least 4 members (excludes halogenated alkanes) is 22. The molecule has 1 atom stereocenters. The highest BCUT2D eigenvalue weighted by molar-refractivity contribution is 4.95. The minimum absolute atomic E-state index is 0.111. The van der Waals surface area contributed by atoms with Gasteiger partial charge in [0.1, 0.15) is 0 Å². The van der Waals surface area contributed by atoms with Gasteiger partial charge < -0.3 is 15.9 Å². The highest BCUT2D eigenvalue weighted by atomic mass is 16.3. The summed E-state index contributed by atoms with van der Waals surface area (Å²) in [6.45, 7) is 6.81. The third kappa shape index (κ3) is 37.6. The Morgan fingerprint density at radius 1 is 0.526 bits per heavy atom. The van der Waals surface area contributed by atoms with Crippen LogP contribution in [0, 0.1) is 0 Å². The topological polar surface area (TPSA) is 66.5 Å². The van der Waals surface area contributed by atoms with Gasteiger partial charge in [-0.2, -0.15) is 0 Å². The first kappa shape index (κ1) is 39.6. The van der Waals surface area contributed by atoms with Crippen molar-refractivity contribution in [2.75, 3.05) is 6.61 Å². The van der Waals surface area contributed by atoms with E-state index in [-0.39, 0.29) is 12.7 Å². The number of aliphatic hydroxyl groups is 2. The Morgan fingerprint density at radius 3 is 1.21 bits per heavy atom. The molecule has 1 unspecified atom stereocenters. The largest absolute Gasteiger partial charge is 0.402 e. The maximum atomic E-state index is 9.47. The number of hydrogen-bond acceptors (Lipinski definition) is 3. The molecule has 0 aliphatic rings. The molecule has 0 spiro atoms. The maximum absolute atomic E-state index is 9.47. The number of aliphatic hydroxyl groups excluding tert-OH is 2. The van der Waals surface area contributed by atoms with Gasteiger partial charge in [-0.15, -0.1) is 0 Å². The summed E-state index contributed by atoms with van der Waals surface area (Å²) in [5.74, 6) is 0. The van der Waals surface area contributed by atoms with Gasteiger partial charge in [0.2, 0.25) is 0 Å². The Kier molecular flexibility index (Phi) is 38.0. The van der Waals surface area contributed by atoms with Crippen LogP contribution in [0.2, 0.25) is 0 Å². The number of hydrogen-bond donors (Lipinski definition) is 3. The molecule has 3 heteroatoms. The van der Waals surface area contributed by atoms with Crippen LogP contribution in [-0.4, -0.2) is 22.9 Å². The van der Waals surface area contributed by atoms with Crippen molar-refractivity contribution in [2.24, 2.45) is 5.73 Å². The highest BCUT2D eigenvalue weighted by Gasteiger charge is 2.02. The van der Waals surface area contributed by atoms with Crippen molar-refractivity contribution >= 4 is 0 Å². The molecule has 38 heavy (non-hydrogen) atoms. The summed E-state index contributed by atoms with van der Waals surface area (Å²) in [6.07, 6.45) is 38.6. The van der Waals surface area contributed by atoms with E-state index in [1.165, 1.54) is 148 Å². The van der Waals surface area contributed by atoms with Gasteiger partial charge in [-0.25, -0.2) is 0 Å². The molecule has 0 saturated carbocycles. The molecule has 0 fully saturated rings. The van der Waals surface area contributed by atoms with Crippen molar-refractivity contribution in [1.29, 1.82) is 0 Å². The van der Waals surface area contributed by atoms with Crippen LogP contribution in [0.3, 0.4) is 0 Å². The summed E-state index contributed by atoms with van der Waals surface area (Å²) in [6, 6.07) is 0. The maximum Gasteiger partial charge on any atom is 0.0562 e. The SMILES string of the molecule is CC/C=C(\N)CCCCCCCCCCCCC.CCCCCCCCCCCCCCCC(O)CCO. The normalized spacial score (nSPS) is 12.4. The van der Waals surface area contributed by atoms with Gasteiger partial charge in [0.15, 0.2) is 0 Å². The Hall–Kier alpha value is -0.540. The molecule has 4 N–H and O–H groups in total. The zero-order valence-electron chi connectivity index (χ0n) is 26.6. The molecule has 0 radical (unpaired) electrons. The summed E-state index contributed by atoms with van der Waals surface area (Å²) in [4.78, 5) is 0. The minimum Gasteiger partial charge on any atom is -0.402 e. The van der Waals surface area contributed by atoms with Gasteiger partial charge in [-0.1, -0.05) is 175 Å². The lowest BCUT2D eigenvalue weighted by molar-refractivity contribution is 0.122. The average molecular weight is 540 g/mol. The van der Waals surface area contributed by atoms with E-state index in [2.05, 4.69) is 26.8 Å². The second kappa shape index (κ2) is 36.5. The zero-order valence-corrected chi connectivity index (χ0v) is 26.6. The van der Waals surface area contributed by atoms with E-state index >= 15 is 0 Å². The number of nitrogens with two attached hydrogens (primary N) is 1. The smallest absolute Gasteiger partial charge is 0.0562 e. The third-order valence-electron chi connectivity index (χ3n) is 7.64. The highest BCUT2D eigenvalue weighted by Crippen LogP contribution is 2.14. The summed E-state index contributed by atoms with van der Waals surface area (Å²) >= 11 is 0. The van der Waals surface area contributed by atoms with E-state index in [1.54, 1.807) is 0 Å². The Bertz CT molecular complexity index is 438. The van der Waals surface area contributed by atoms with Crippen molar-refractivity contribution in [3.63, 3.8) is 0 Å². The molecule has 0 aromatic carbocycles. The van der Waals surface area contributed by atoms with E-state index in [4.69, 9.17) is 10.8 Å². The molecule has 230 valence electrons. The van der Waals surface area contributed by atoms with Gasteiger partial charge in [-0.3, -0.25) is 0 Å². The fourth-order valence-electron chi connectivity index (χ4n) is 5.05. The standard InChI is InChI=1S/C18H38O2.C17H35N/c1-2-3-4-5-6-7-8-9-10-11-12-13-14-15-18(20)16-17-19;1-3-5-6-7-8-9-10-11-12-13-14-16-17(18)15-4-2/h18-20H,2-17H2,1H3;15H,3-14,16,18H2,1-2H3/b;17-15-. The number of allylic oxidation sites excluding steroid dienone is 2. The molecule has 0 saturated heterocycles. The summed E-state index contributed by atoms with van der Waals surface area (Å²) in [5.41, 5.74) is 6.96. The van der Waals surface area contributed by atoms with Crippen LogP contribution in [0.4, 0.5) is 0 Å². The second-order valence-corrected chi connectivity index (χ2v) is 11.7. The van der Waals surface area contributed by atoms with Crippen molar-refractivity contribution in [3.8, 4) is 0 Å². The fourth-order valence-corrected chi connectivity index (χ4v) is 5.05. The number of rotatable bonds is 29. The molecule has 0 amide bonds. The average Bonchev–Trinajstić information content (AvgIpc) is 2.90. The third-order valence-corrected chi connectivity index (χ3v) is 7.64. The van der Waals surface area contributed by atoms with Crippen molar-refractivity contribution in [1.82, 2.24) is 0 Å². The van der Waals surface area contributed by atoms with E-state index < -0.39 is 0 Å². The van der Waals surface area contributed by atoms with Gasteiger partial charge >= 0.3 is 0 Å². The first-order valence-electron chi connectivity index (χ1n) is 17.4. The van der Waals surface area contributed by atoms with Crippen molar-refractivity contribution in [2.45, 2.75) is 207 Å². The van der Waals surface area contributed by atoms with E-state index in [0.717, 1.165) is 31.4 Å². The minimum atomic E-state index is -0.285. The van der Waals surface area contributed by atoms with Crippen molar-refractivity contribution < 1.29 is 10.2 Å². The monoisotopic (exact) mass is 540 g/mol. The molecule has 0 heterocycles. The van der Waals surface area contributed by atoms with Crippen LogP contribution >= 0.6 is 0 Å².